The van der Waals surface area contributed by atoms with Crippen LogP contribution in [0.4, 0.5) is 0 Å². The number of aliphatic hydroxyl groups excluding tert-OH is 12. The Morgan fingerprint density at radius 1 is 0.547 bits per heavy atom. The highest BCUT2D eigenvalue weighted by Crippen LogP contribution is 2.33. The van der Waals surface area contributed by atoms with E-state index in [-0.39, 0.29) is 13.2 Å². The third-order valence-electron chi connectivity index (χ3n) is 12.3. The summed E-state index contributed by atoms with van der Waals surface area (Å²) in [6.07, 6.45) is -16.0. The van der Waals surface area contributed by atoms with Crippen LogP contribution in [0, 0.1) is 0 Å². The lowest BCUT2D eigenvalue weighted by Gasteiger charge is -2.47. The summed E-state index contributed by atoms with van der Waals surface area (Å²) in [7, 11) is 0. The highest BCUT2D eigenvalue weighted by atomic mass is 16.8. The van der Waals surface area contributed by atoms with Crippen molar-refractivity contribution in [1.29, 1.82) is 0 Å². The van der Waals surface area contributed by atoms with E-state index in [2.05, 4.69) is 18.7 Å². The molecule has 4 heterocycles. The Morgan fingerprint density at radius 3 is 1.58 bits per heavy atom. The minimum atomic E-state index is -1.67. The van der Waals surface area contributed by atoms with Crippen LogP contribution in [0.1, 0.15) is 80.1 Å². The van der Waals surface area contributed by atoms with Crippen LogP contribution in [0.3, 0.4) is 0 Å². The Kier molecular flexibility index (Phi) is 21.4. The lowest BCUT2D eigenvalue weighted by atomic mass is 9.95. The van der Waals surface area contributed by atoms with Crippen LogP contribution in [-0.2, 0) is 37.9 Å². The molecule has 20 nitrogen and oxygen atoms in total. The molecule has 12 N–H and O–H groups in total. The molecule has 0 aromatic heterocycles. The molecule has 4 rings (SSSR count). The van der Waals surface area contributed by atoms with Crippen LogP contribution >= 0.6 is 0 Å². The van der Waals surface area contributed by atoms with Gasteiger partial charge >= 0.3 is 0 Å². The summed E-state index contributed by atoms with van der Waals surface area (Å²) in [4.78, 5) is 0. The average Bonchev–Trinajstić information content (AvgIpc) is 3.26. The Balaban J connectivity index is 1.17. The molecule has 21 unspecified atom stereocenters. The molecule has 4 fully saturated rings. The van der Waals surface area contributed by atoms with Gasteiger partial charge in [-0.15, -0.1) is 6.58 Å². The van der Waals surface area contributed by atoms with Gasteiger partial charge in [0, 0.05) is 0 Å². The standard InChI is InChI=1S/C44H74O20/c1-8-44(7,64-43-38(56)34(52)39(26(18-45)61-43)63-42-37(55)32(50)29(47)25(6)60-42)17-11-16-22(3)13-9-12-21(2)14-10-15-23(4)19-57-41-36(54)33(51)30(48)27(62-41)20-58-40-35(53)31(49)28(46)24(5)59-40/h8,12,15-16,24-43,45-56H,1,9-11,13-14,17-20H2,2-7H3/b21-12-,22-16+,23-15+. The number of hydrogen-bond acceptors (Lipinski definition) is 20. The maximum atomic E-state index is 11.0. The van der Waals surface area contributed by atoms with Gasteiger partial charge in [0.1, 0.15) is 85.5 Å². The molecule has 0 amide bonds. The van der Waals surface area contributed by atoms with E-state index in [0.29, 0.717) is 12.8 Å². The number of rotatable bonds is 21. The molecule has 21 atom stereocenters. The van der Waals surface area contributed by atoms with Crippen LogP contribution in [-0.4, -0.2) is 210 Å². The molecule has 0 aromatic carbocycles. The first kappa shape index (κ1) is 54.8. The molecular weight excluding hydrogens is 848 g/mol. The van der Waals surface area contributed by atoms with E-state index in [1.807, 2.05) is 26.8 Å². The van der Waals surface area contributed by atoms with Crippen molar-refractivity contribution in [3.63, 3.8) is 0 Å². The van der Waals surface area contributed by atoms with E-state index in [4.69, 9.17) is 37.9 Å². The largest absolute Gasteiger partial charge is 0.394 e. The third kappa shape index (κ3) is 14.3. The van der Waals surface area contributed by atoms with Gasteiger partial charge in [-0.1, -0.05) is 41.0 Å². The van der Waals surface area contributed by atoms with Gasteiger partial charge < -0.3 is 99.2 Å². The first-order valence-electron chi connectivity index (χ1n) is 22.0. The van der Waals surface area contributed by atoms with E-state index in [1.54, 1.807) is 13.0 Å². The van der Waals surface area contributed by atoms with Gasteiger partial charge in [-0.3, -0.25) is 0 Å². The number of aliphatic hydroxyl groups is 12. The monoisotopic (exact) mass is 922 g/mol. The van der Waals surface area contributed by atoms with Crippen molar-refractivity contribution in [3.8, 4) is 0 Å². The maximum Gasteiger partial charge on any atom is 0.187 e. The first-order chi connectivity index (χ1) is 30.1. The van der Waals surface area contributed by atoms with Crippen LogP contribution in [0.25, 0.3) is 0 Å². The van der Waals surface area contributed by atoms with Crippen LogP contribution < -0.4 is 0 Å². The van der Waals surface area contributed by atoms with Crippen LogP contribution in [0.15, 0.2) is 47.6 Å². The van der Waals surface area contributed by atoms with Crippen molar-refractivity contribution in [2.75, 3.05) is 19.8 Å². The predicted molar refractivity (Wildman–Crippen MR) is 225 cm³/mol. The fraction of sp³-hybridized carbons (Fsp3) is 0.818. The lowest BCUT2D eigenvalue weighted by molar-refractivity contribution is -0.363. The fourth-order valence-electron chi connectivity index (χ4n) is 7.78. The van der Waals surface area contributed by atoms with Crippen LogP contribution in [0.2, 0.25) is 0 Å². The van der Waals surface area contributed by atoms with E-state index < -0.39 is 135 Å². The molecule has 0 aromatic rings. The summed E-state index contributed by atoms with van der Waals surface area (Å²) in [5, 5.41) is 124. The Bertz CT molecular complexity index is 1530. The topological polar surface area (TPSA) is 317 Å². The molecule has 0 bridgehead atoms. The highest BCUT2D eigenvalue weighted by molar-refractivity contribution is 5.07. The Morgan fingerprint density at radius 2 is 1.02 bits per heavy atom. The number of allylic oxidation sites excluding steroid dienone is 5. The second kappa shape index (κ2) is 25.0. The van der Waals surface area contributed by atoms with Gasteiger partial charge in [0.15, 0.2) is 25.2 Å². The number of ether oxygens (including phenoxy) is 8. The van der Waals surface area contributed by atoms with Crippen molar-refractivity contribution in [3.05, 3.63) is 47.6 Å². The fourth-order valence-corrected chi connectivity index (χ4v) is 7.78. The molecule has 0 aliphatic carbocycles. The third-order valence-corrected chi connectivity index (χ3v) is 12.3. The van der Waals surface area contributed by atoms with Crippen LogP contribution in [0.5, 0.6) is 0 Å². The molecule has 4 saturated heterocycles. The highest BCUT2D eigenvalue weighted by Gasteiger charge is 2.51. The van der Waals surface area contributed by atoms with Gasteiger partial charge in [0.2, 0.25) is 0 Å². The summed E-state index contributed by atoms with van der Waals surface area (Å²) in [6.45, 7) is 13.6. The Hall–Kier alpha value is -1.84. The quantitative estimate of drug-likeness (QED) is 0.0580. The zero-order valence-electron chi connectivity index (χ0n) is 37.6. The molecule has 0 saturated carbocycles. The zero-order valence-corrected chi connectivity index (χ0v) is 37.6. The summed E-state index contributed by atoms with van der Waals surface area (Å²) >= 11 is 0. The molecule has 64 heavy (non-hydrogen) atoms. The summed E-state index contributed by atoms with van der Waals surface area (Å²) in [6, 6.07) is 0. The van der Waals surface area contributed by atoms with Gasteiger partial charge in [0.05, 0.1) is 37.6 Å². The molecule has 0 spiro atoms. The minimum absolute atomic E-state index is 0.0720. The first-order valence-corrected chi connectivity index (χ1v) is 22.0. The van der Waals surface area contributed by atoms with Crippen molar-refractivity contribution >= 4 is 0 Å². The van der Waals surface area contributed by atoms with Crippen molar-refractivity contribution < 1.29 is 99.2 Å². The number of hydrogen-bond donors (Lipinski definition) is 12. The van der Waals surface area contributed by atoms with Gasteiger partial charge in [-0.25, -0.2) is 0 Å². The maximum absolute atomic E-state index is 11.0. The molecule has 0 radical (unpaired) electrons. The average molecular weight is 923 g/mol. The summed E-state index contributed by atoms with van der Waals surface area (Å²) in [5.41, 5.74) is 2.19. The summed E-state index contributed by atoms with van der Waals surface area (Å²) in [5.74, 6) is 0. The van der Waals surface area contributed by atoms with E-state index in [1.165, 1.54) is 19.4 Å². The zero-order chi connectivity index (χ0) is 47.6. The smallest absolute Gasteiger partial charge is 0.187 e. The molecular formula is C44H74O20. The SMILES string of the molecule is C=CC(C)(CC/C=C(\C)CC/C=C(/C)CC/C=C(\C)COC1OC(COC2OC(C)C(O)C(O)C2O)C(O)C(O)C1O)OC1OC(CO)C(OC2OC(C)C(O)C(O)C2O)C(O)C1O. The van der Waals surface area contributed by atoms with E-state index in [0.717, 1.165) is 36.8 Å². The van der Waals surface area contributed by atoms with Gasteiger partial charge in [0.25, 0.3) is 0 Å². The minimum Gasteiger partial charge on any atom is -0.394 e. The Labute approximate surface area is 374 Å². The van der Waals surface area contributed by atoms with Crippen molar-refractivity contribution in [2.24, 2.45) is 0 Å². The molecule has 4 aliphatic heterocycles. The van der Waals surface area contributed by atoms with Crippen molar-refractivity contribution in [1.82, 2.24) is 0 Å². The molecule has 4 aliphatic rings. The molecule has 370 valence electrons. The van der Waals surface area contributed by atoms with E-state index in [9.17, 15) is 61.3 Å². The summed E-state index contributed by atoms with van der Waals surface area (Å²) < 4.78 is 45.4. The molecule has 20 heteroatoms. The van der Waals surface area contributed by atoms with Gasteiger partial charge in [-0.2, -0.15) is 0 Å². The predicted octanol–water partition coefficient (Wildman–Crippen LogP) is -1.55. The van der Waals surface area contributed by atoms with Crippen molar-refractivity contribution in [2.45, 2.75) is 208 Å². The second-order valence-corrected chi connectivity index (χ2v) is 17.7. The second-order valence-electron chi connectivity index (χ2n) is 17.7. The normalized spacial score (nSPS) is 42.6. The lowest BCUT2D eigenvalue weighted by Crippen LogP contribution is -2.64. The van der Waals surface area contributed by atoms with E-state index >= 15 is 0 Å². The van der Waals surface area contributed by atoms with Gasteiger partial charge in [-0.05, 0) is 80.1 Å².